The van der Waals surface area contributed by atoms with Gasteiger partial charge in [0, 0.05) is 18.8 Å². The van der Waals surface area contributed by atoms with Gasteiger partial charge in [0.1, 0.15) is 0 Å². The van der Waals surface area contributed by atoms with Crippen molar-refractivity contribution in [3.8, 4) is 0 Å². The molecule has 3 heteroatoms. The lowest BCUT2D eigenvalue weighted by molar-refractivity contribution is 0.385. The molecule has 66 valence electrons. The third kappa shape index (κ3) is 1.50. The zero-order valence-corrected chi connectivity index (χ0v) is 7.38. The number of H-pyrrole nitrogens is 1. The number of nitrogens with zero attached hydrogens (tertiary/aromatic N) is 1. The molecule has 1 fully saturated rings. The number of rotatable bonds is 1. The number of nitrogens with one attached hydrogen (secondary N) is 2. The van der Waals surface area contributed by atoms with Gasteiger partial charge in [-0.3, -0.25) is 5.10 Å². The van der Waals surface area contributed by atoms with E-state index < -0.39 is 0 Å². The van der Waals surface area contributed by atoms with Crippen molar-refractivity contribution in [2.45, 2.75) is 31.7 Å². The Balaban J connectivity index is 1.99. The number of hydrogen-bond acceptors (Lipinski definition) is 2. The highest BCUT2D eigenvalue weighted by atomic mass is 15.1. The van der Waals surface area contributed by atoms with Gasteiger partial charge in [0.2, 0.25) is 0 Å². The molecule has 3 nitrogen and oxygen atoms in total. The van der Waals surface area contributed by atoms with E-state index in [0.29, 0.717) is 12.0 Å². The molecular formula is C9H15N3. The molecule has 1 aliphatic heterocycles. The van der Waals surface area contributed by atoms with Crippen LogP contribution in [0.1, 0.15) is 31.2 Å². The highest BCUT2D eigenvalue weighted by Crippen LogP contribution is 2.23. The van der Waals surface area contributed by atoms with E-state index in [1.807, 2.05) is 12.4 Å². The van der Waals surface area contributed by atoms with Gasteiger partial charge in [-0.1, -0.05) is 0 Å². The average Bonchev–Trinajstić information content (AvgIpc) is 2.58. The first kappa shape index (κ1) is 7.80. The standard InChI is InChI=1S/C9H15N3/c1-7-2-3-8(4-10-7)9-5-11-12-6-9/h5-8,10H,2-4H2,1H3,(H,11,12). The van der Waals surface area contributed by atoms with Gasteiger partial charge in [-0.25, -0.2) is 0 Å². The molecule has 2 atom stereocenters. The Morgan fingerprint density at radius 3 is 3.00 bits per heavy atom. The van der Waals surface area contributed by atoms with Crippen LogP contribution in [0.4, 0.5) is 0 Å². The summed E-state index contributed by atoms with van der Waals surface area (Å²) in [5.74, 6) is 0.667. The zero-order valence-electron chi connectivity index (χ0n) is 7.38. The van der Waals surface area contributed by atoms with Crippen molar-refractivity contribution in [2.75, 3.05) is 6.54 Å². The second-order valence-corrected chi connectivity index (χ2v) is 3.62. The molecule has 0 bridgehead atoms. The van der Waals surface area contributed by atoms with Crippen LogP contribution in [0, 0.1) is 0 Å². The molecule has 0 aliphatic carbocycles. The molecule has 2 rings (SSSR count). The summed E-state index contributed by atoms with van der Waals surface area (Å²) in [5.41, 5.74) is 1.34. The molecule has 12 heavy (non-hydrogen) atoms. The number of piperidine rings is 1. The maximum atomic E-state index is 3.96. The van der Waals surface area contributed by atoms with Gasteiger partial charge in [-0.15, -0.1) is 0 Å². The molecular weight excluding hydrogens is 150 g/mol. The second-order valence-electron chi connectivity index (χ2n) is 3.62. The fourth-order valence-corrected chi connectivity index (χ4v) is 1.77. The van der Waals surface area contributed by atoms with Crippen molar-refractivity contribution in [1.82, 2.24) is 15.5 Å². The Morgan fingerprint density at radius 2 is 2.42 bits per heavy atom. The van der Waals surface area contributed by atoms with Crippen molar-refractivity contribution in [2.24, 2.45) is 0 Å². The quantitative estimate of drug-likeness (QED) is 0.658. The number of aromatic amines is 1. The normalized spacial score (nSPS) is 30.4. The monoisotopic (exact) mass is 165 g/mol. The fourth-order valence-electron chi connectivity index (χ4n) is 1.77. The van der Waals surface area contributed by atoms with Crippen molar-refractivity contribution in [3.63, 3.8) is 0 Å². The summed E-state index contributed by atoms with van der Waals surface area (Å²) in [5, 5.41) is 10.3. The van der Waals surface area contributed by atoms with Gasteiger partial charge >= 0.3 is 0 Å². The van der Waals surface area contributed by atoms with E-state index in [-0.39, 0.29) is 0 Å². The third-order valence-electron chi connectivity index (χ3n) is 2.65. The Morgan fingerprint density at radius 1 is 1.50 bits per heavy atom. The van der Waals surface area contributed by atoms with Crippen LogP contribution in [0.5, 0.6) is 0 Å². The summed E-state index contributed by atoms with van der Waals surface area (Å²) >= 11 is 0. The lowest BCUT2D eigenvalue weighted by Gasteiger charge is -2.26. The van der Waals surface area contributed by atoms with Crippen LogP contribution in [-0.4, -0.2) is 22.8 Å². The third-order valence-corrected chi connectivity index (χ3v) is 2.65. The highest BCUT2D eigenvalue weighted by molar-refractivity contribution is 5.11. The molecule has 2 heterocycles. The van der Waals surface area contributed by atoms with Gasteiger partial charge in [0.05, 0.1) is 6.20 Å². The first-order valence-corrected chi connectivity index (χ1v) is 4.58. The smallest absolute Gasteiger partial charge is 0.0522 e. The summed E-state index contributed by atoms with van der Waals surface area (Å²) < 4.78 is 0. The molecule has 1 saturated heterocycles. The lowest BCUT2D eigenvalue weighted by Crippen LogP contribution is -2.35. The van der Waals surface area contributed by atoms with E-state index in [9.17, 15) is 0 Å². The molecule has 0 aromatic carbocycles. The van der Waals surface area contributed by atoms with Gasteiger partial charge < -0.3 is 5.32 Å². The maximum Gasteiger partial charge on any atom is 0.0522 e. The van der Waals surface area contributed by atoms with Crippen molar-refractivity contribution >= 4 is 0 Å². The van der Waals surface area contributed by atoms with Gasteiger partial charge in [0.25, 0.3) is 0 Å². The Kier molecular flexibility index (Phi) is 2.13. The van der Waals surface area contributed by atoms with Crippen molar-refractivity contribution in [3.05, 3.63) is 18.0 Å². The SMILES string of the molecule is CC1CCC(c2cn[nH]c2)CN1. The average molecular weight is 165 g/mol. The van der Waals surface area contributed by atoms with Crippen LogP contribution in [0.15, 0.2) is 12.4 Å². The minimum Gasteiger partial charge on any atom is -0.314 e. The molecule has 1 aliphatic rings. The molecule has 2 N–H and O–H groups in total. The number of hydrogen-bond donors (Lipinski definition) is 2. The van der Waals surface area contributed by atoms with Crippen LogP contribution >= 0.6 is 0 Å². The van der Waals surface area contributed by atoms with Crippen LogP contribution in [0.25, 0.3) is 0 Å². The topological polar surface area (TPSA) is 40.7 Å². The molecule has 0 radical (unpaired) electrons. The number of aromatic nitrogens is 2. The van der Waals surface area contributed by atoms with E-state index in [1.54, 1.807) is 0 Å². The van der Waals surface area contributed by atoms with E-state index in [2.05, 4.69) is 22.4 Å². The van der Waals surface area contributed by atoms with E-state index in [4.69, 9.17) is 0 Å². The van der Waals surface area contributed by atoms with E-state index in [0.717, 1.165) is 6.54 Å². The second kappa shape index (κ2) is 3.27. The summed E-state index contributed by atoms with van der Waals surface area (Å²) in [4.78, 5) is 0. The Bertz CT molecular complexity index is 222. The van der Waals surface area contributed by atoms with E-state index >= 15 is 0 Å². The highest BCUT2D eigenvalue weighted by Gasteiger charge is 2.19. The van der Waals surface area contributed by atoms with Crippen LogP contribution in [-0.2, 0) is 0 Å². The van der Waals surface area contributed by atoms with Gasteiger partial charge in [-0.05, 0) is 31.2 Å². The molecule has 1 aromatic heterocycles. The summed E-state index contributed by atoms with van der Waals surface area (Å²) in [6, 6.07) is 0.688. The first-order chi connectivity index (χ1) is 5.86. The van der Waals surface area contributed by atoms with Crippen LogP contribution in [0.3, 0.4) is 0 Å². The molecule has 1 aromatic rings. The summed E-state index contributed by atoms with van der Waals surface area (Å²) in [7, 11) is 0. The van der Waals surface area contributed by atoms with Crippen LogP contribution < -0.4 is 5.32 Å². The molecule has 0 spiro atoms. The molecule has 0 saturated carbocycles. The fraction of sp³-hybridized carbons (Fsp3) is 0.667. The van der Waals surface area contributed by atoms with Crippen molar-refractivity contribution in [1.29, 1.82) is 0 Å². The minimum absolute atomic E-state index is 0.667. The van der Waals surface area contributed by atoms with Crippen LogP contribution in [0.2, 0.25) is 0 Å². The molecule has 0 amide bonds. The summed E-state index contributed by atoms with van der Waals surface area (Å²) in [6.45, 7) is 3.34. The minimum atomic E-state index is 0.667. The first-order valence-electron chi connectivity index (χ1n) is 4.58. The Labute approximate surface area is 72.6 Å². The maximum absolute atomic E-state index is 3.96. The molecule has 2 unspecified atom stereocenters. The van der Waals surface area contributed by atoms with Crippen molar-refractivity contribution < 1.29 is 0 Å². The van der Waals surface area contributed by atoms with Gasteiger partial charge in [0.15, 0.2) is 0 Å². The summed E-state index contributed by atoms with van der Waals surface area (Å²) in [6.07, 6.45) is 6.49. The van der Waals surface area contributed by atoms with Gasteiger partial charge in [-0.2, -0.15) is 5.10 Å². The zero-order chi connectivity index (χ0) is 8.39. The lowest BCUT2D eigenvalue weighted by atomic mass is 9.91. The predicted octanol–water partition coefficient (Wildman–Crippen LogP) is 1.27. The Hall–Kier alpha value is -0.830. The predicted molar refractivity (Wildman–Crippen MR) is 48.0 cm³/mol. The van der Waals surface area contributed by atoms with E-state index in [1.165, 1.54) is 18.4 Å². The largest absolute Gasteiger partial charge is 0.314 e.